The van der Waals surface area contributed by atoms with Crippen molar-refractivity contribution in [2.75, 3.05) is 37.6 Å². The lowest BCUT2D eigenvalue weighted by atomic mass is 9.84. The molecule has 38 heavy (non-hydrogen) atoms. The fraction of sp³-hybridized carbons (Fsp3) is 0.394. The Balaban J connectivity index is 1.17. The van der Waals surface area contributed by atoms with E-state index in [0.29, 0.717) is 11.5 Å². The normalized spacial score (nSPS) is 17.5. The molecule has 5 heteroatoms. The van der Waals surface area contributed by atoms with Crippen LogP contribution in [0.15, 0.2) is 78.9 Å². The fourth-order valence-corrected chi connectivity index (χ4v) is 5.88. The first-order valence-electron chi connectivity index (χ1n) is 14.1. The Bertz CT molecular complexity index is 1200. The van der Waals surface area contributed by atoms with Crippen molar-refractivity contribution in [2.24, 2.45) is 0 Å². The zero-order valence-electron chi connectivity index (χ0n) is 22.2. The van der Waals surface area contributed by atoms with Crippen LogP contribution in [0.3, 0.4) is 0 Å². The van der Waals surface area contributed by atoms with Gasteiger partial charge in [-0.1, -0.05) is 61.7 Å². The zero-order valence-corrected chi connectivity index (χ0v) is 22.2. The van der Waals surface area contributed by atoms with Crippen LogP contribution >= 0.6 is 0 Å². The average Bonchev–Trinajstić information content (AvgIpc) is 3.00. The van der Waals surface area contributed by atoms with E-state index in [-0.39, 0.29) is 11.9 Å². The monoisotopic (exact) mass is 506 g/mol. The summed E-state index contributed by atoms with van der Waals surface area (Å²) < 4.78 is 0. The molecule has 2 fully saturated rings. The molecule has 2 aliphatic rings. The van der Waals surface area contributed by atoms with Gasteiger partial charge in [0.2, 0.25) is 0 Å². The van der Waals surface area contributed by atoms with E-state index >= 15 is 0 Å². The van der Waals surface area contributed by atoms with E-state index in [2.05, 4.69) is 45.5 Å². The molecular weight excluding hydrogens is 468 g/mol. The van der Waals surface area contributed by atoms with E-state index in [1.165, 1.54) is 43.4 Å². The first kappa shape index (κ1) is 26.0. The van der Waals surface area contributed by atoms with Crippen LogP contribution in [-0.4, -0.2) is 43.5 Å². The van der Waals surface area contributed by atoms with E-state index in [4.69, 9.17) is 5.26 Å². The number of piperazine rings is 1. The van der Waals surface area contributed by atoms with Gasteiger partial charge < -0.3 is 10.2 Å². The molecule has 1 aliphatic heterocycles. The fourth-order valence-electron chi connectivity index (χ4n) is 5.88. The first-order valence-corrected chi connectivity index (χ1v) is 14.1. The highest BCUT2D eigenvalue weighted by atomic mass is 16.1. The Morgan fingerprint density at radius 2 is 1.55 bits per heavy atom. The van der Waals surface area contributed by atoms with Gasteiger partial charge in [0.25, 0.3) is 5.91 Å². The zero-order chi connectivity index (χ0) is 26.2. The van der Waals surface area contributed by atoms with Crippen LogP contribution in [-0.2, 0) is 0 Å². The van der Waals surface area contributed by atoms with E-state index in [1.54, 1.807) is 0 Å². The molecule has 0 radical (unpaired) electrons. The van der Waals surface area contributed by atoms with Crippen molar-refractivity contribution in [3.05, 3.63) is 101 Å². The van der Waals surface area contributed by atoms with Crippen molar-refractivity contribution in [3.8, 4) is 6.07 Å². The molecular formula is C33H38N4O. The summed E-state index contributed by atoms with van der Waals surface area (Å²) >= 11 is 0. The Kier molecular flexibility index (Phi) is 8.73. The highest BCUT2D eigenvalue weighted by molar-refractivity contribution is 5.94. The maximum absolute atomic E-state index is 13.3. The third kappa shape index (κ3) is 6.62. The molecule has 1 atom stereocenters. The molecule has 1 unspecified atom stereocenters. The van der Waals surface area contributed by atoms with Gasteiger partial charge in [-0.25, -0.2) is 0 Å². The molecule has 1 amide bonds. The van der Waals surface area contributed by atoms with E-state index in [9.17, 15) is 4.79 Å². The molecule has 1 saturated carbocycles. The molecule has 5 nitrogen and oxygen atoms in total. The second kappa shape index (κ2) is 12.8. The Morgan fingerprint density at radius 1 is 0.868 bits per heavy atom. The predicted octanol–water partition coefficient (Wildman–Crippen LogP) is 6.29. The van der Waals surface area contributed by atoms with Crippen molar-refractivity contribution in [3.63, 3.8) is 0 Å². The van der Waals surface area contributed by atoms with Crippen molar-refractivity contribution in [1.82, 2.24) is 10.2 Å². The smallest absolute Gasteiger partial charge is 0.251 e. The van der Waals surface area contributed by atoms with Crippen LogP contribution in [0.2, 0.25) is 0 Å². The highest BCUT2D eigenvalue weighted by Gasteiger charge is 2.21. The van der Waals surface area contributed by atoms with Gasteiger partial charge in [0, 0.05) is 44.0 Å². The van der Waals surface area contributed by atoms with Crippen LogP contribution in [0.4, 0.5) is 5.69 Å². The maximum Gasteiger partial charge on any atom is 0.251 e. The van der Waals surface area contributed by atoms with Gasteiger partial charge in [-0.3, -0.25) is 9.69 Å². The van der Waals surface area contributed by atoms with Gasteiger partial charge in [-0.05, 0) is 72.7 Å². The molecule has 1 heterocycles. The second-order valence-electron chi connectivity index (χ2n) is 10.7. The minimum absolute atomic E-state index is 0.000294. The minimum atomic E-state index is -0.0294. The number of carbonyl (C=O) groups is 1. The van der Waals surface area contributed by atoms with Crippen molar-refractivity contribution in [2.45, 2.75) is 50.5 Å². The van der Waals surface area contributed by atoms with Crippen molar-refractivity contribution >= 4 is 11.6 Å². The summed E-state index contributed by atoms with van der Waals surface area (Å²) in [7, 11) is 0. The molecule has 0 spiro atoms. The lowest BCUT2D eigenvalue weighted by molar-refractivity contribution is 0.0931. The van der Waals surface area contributed by atoms with E-state index in [0.717, 1.165) is 50.3 Å². The second-order valence-corrected chi connectivity index (χ2v) is 10.7. The van der Waals surface area contributed by atoms with Gasteiger partial charge in [-0.2, -0.15) is 5.26 Å². The van der Waals surface area contributed by atoms with Gasteiger partial charge in [0.05, 0.1) is 17.7 Å². The lowest BCUT2D eigenvalue weighted by Gasteiger charge is -2.36. The number of amides is 1. The number of nitriles is 1. The van der Waals surface area contributed by atoms with Crippen LogP contribution in [0.1, 0.15) is 77.5 Å². The van der Waals surface area contributed by atoms with Gasteiger partial charge in [-0.15, -0.1) is 0 Å². The summed E-state index contributed by atoms with van der Waals surface area (Å²) in [5, 5.41) is 12.4. The number of hydrogen-bond donors (Lipinski definition) is 1. The first-order chi connectivity index (χ1) is 18.7. The van der Waals surface area contributed by atoms with Crippen LogP contribution in [0.5, 0.6) is 0 Å². The van der Waals surface area contributed by atoms with Gasteiger partial charge >= 0.3 is 0 Å². The average molecular weight is 507 g/mol. The topological polar surface area (TPSA) is 59.4 Å². The van der Waals surface area contributed by atoms with Gasteiger partial charge in [0.15, 0.2) is 0 Å². The summed E-state index contributed by atoms with van der Waals surface area (Å²) in [6, 6.07) is 28.7. The van der Waals surface area contributed by atoms with Crippen LogP contribution in [0.25, 0.3) is 0 Å². The molecule has 0 aromatic heterocycles. The third-order valence-electron chi connectivity index (χ3n) is 8.22. The standard InChI is InChI=1S/C33H38N4O/c34-25-26-11-17-31(18-12-26)37-23-21-36(22-24-37)20-19-32(29-9-5-2-6-10-29)35-33(38)30-15-13-28(14-16-30)27-7-3-1-4-8-27/h2,5-6,9-18,27,32H,1,3-4,7-8,19-24H2,(H,35,38). The van der Waals surface area contributed by atoms with Crippen LogP contribution < -0.4 is 10.2 Å². The Morgan fingerprint density at radius 3 is 2.21 bits per heavy atom. The number of benzene rings is 3. The molecule has 196 valence electrons. The van der Waals surface area contributed by atoms with Gasteiger partial charge in [0.1, 0.15) is 0 Å². The maximum atomic E-state index is 13.3. The van der Waals surface area contributed by atoms with Crippen LogP contribution in [0, 0.1) is 11.3 Å². The molecule has 1 aliphatic carbocycles. The van der Waals surface area contributed by atoms with Crippen molar-refractivity contribution in [1.29, 1.82) is 5.26 Å². The summed E-state index contributed by atoms with van der Waals surface area (Å²) in [6.45, 7) is 4.82. The largest absolute Gasteiger partial charge is 0.369 e. The summed E-state index contributed by atoms with van der Waals surface area (Å²) in [4.78, 5) is 18.1. The number of nitrogens with zero attached hydrogens (tertiary/aromatic N) is 3. The molecule has 0 bridgehead atoms. The number of rotatable bonds is 8. The SMILES string of the molecule is N#Cc1ccc(N2CCN(CCC(NC(=O)c3ccc(C4CCCCC4)cc3)c3ccccc3)CC2)cc1. The summed E-state index contributed by atoms with van der Waals surface area (Å²) in [6.07, 6.45) is 7.39. The lowest BCUT2D eigenvalue weighted by Crippen LogP contribution is -2.47. The quantitative estimate of drug-likeness (QED) is 0.390. The van der Waals surface area contributed by atoms with E-state index < -0.39 is 0 Å². The summed E-state index contributed by atoms with van der Waals surface area (Å²) in [5.41, 5.74) is 5.13. The number of anilines is 1. The van der Waals surface area contributed by atoms with Crippen molar-refractivity contribution < 1.29 is 4.79 Å². The number of hydrogen-bond acceptors (Lipinski definition) is 4. The molecule has 1 saturated heterocycles. The Hall–Kier alpha value is -3.62. The van der Waals surface area contributed by atoms with E-state index in [1.807, 2.05) is 54.6 Å². The molecule has 3 aromatic carbocycles. The number of nitrogens with one attached hydrogen (secondary N) is 1. The predicted molar refractivity (Wildman–Crippen MR) is 153 cm³/mol. The third-order valence-corrected chi connectivity index (χ3v) is 8.22. The highest BCUT2D eigenvalue weighted by Crippen LogP contribution is 2.32. The molecule has 5 rings (SSSR count). The molecule has 1 N–H and O–H groups in total. The molecule has 3 aromatic rings. The minimum Gasteiger partial charge on any atom is -0.369 e. The number of carbonyl (C=O) groups excluding carboxylic acids is 1. The summed E-state index contributed by atoms with van der Waals surface area (Å²) in [5.74, 6) is 0.648. The Labute approximate surface area is 227 Å².